The Morgan fingerprint density at radius 3 is 1.95 bits per heavy atom. The highest BCUT2D eigenvalue weighted by atomic mass is 35.5. The Bertz CT molecular complexity index is 777. The number of alkyl halides is 3. The molecular weight excluding hydrogens is 337 g/mol. The number of sulfone groups is 1. The minimum atomic E-state index is -4.42. The van der Waals surface area contributed by atoms with Crippen molar-refractivity contribution in [3.05, 3.63) is 70.1 Å². The second-order valence-corrected chi connectivity index (χ2v) is 6.69. The molecule has 0 aliphatic carbocycles. The van der Waals surface area contributed by atoms with Crippen molar-refractivity contribution in [3.8, 4) is 0 Å². The summed E-state index contributed by atoms with van der Waals surface area (Å²) in [4.78, 5) is 0.0556. The monoisotopic (exact) mass is 346 g/mol. The van der Waals surface area contributed by atoms with E-state index in [9.17, 15) is 21.6 Å². The van der Waals surface area contributed by atoms with Crippen LogP contribution in [0.2, 0.25) is 5.02 Å². The Balaban J connectivity index is 2.22. The highest BCUT2D eigenvalue weighted by Crippen LogP contribution is 2.29. The highest BCUT2D eigenvalue weighted by molar-refractivity contribution is 7.94. The number of hydrogen-bond acceptors (Lipinski definition) is 2. The lowest BCUT2D eigenvalue weighted by Crippen LogP contribution is -2.04. The highest BCUT2D eigenvalue weighted by Gasteiger charge is 2.29. The molecular formula is C15H10ClF3O2S. The summed E-state index contributed by atoms with van der Waals surface area (Å²) in [6, 6.07) is 9.81. The zero-order valence-corrected chi connectivity index (χ0v) is 12.6. The number of halogens is 4. The van der Waals surface area contributed by atoms with E-state index in [0.717, 1.165) is 17.5 Å². The van der Waals surface area contributed by atoms with Crippen LogP contribution in [0.1, 0.15) is 11.1 Å². The van der Waals surface area contributed by atoms with Crippen LogP contribution in [0.3, 0.4) is 0 Å². The van der Waals surface area contributed by atoms with Crippen LogP contribution in [0.25, 0.3) is 6.08 Å². The van der Waals surface area contributed by atoms with Crippen molar-refractivity contribution in [1.29, 1.82) is 0 Å². The summed E-state index contributed by atoms with van der Waals surface area (Å²) in [6.07, 6.45) is -3.18. The maximum Gasteiger partial charge on any atom is 0.416 e. The van der Waals surface area contributed by atoms with E-state index in [4.69, 9.17) is 11.6 Å². The molecule has 116 valence electrons. The molecule has 0 fully saturated rings. The van der Waals surface area contributed by atoms with Gasteiger partial charge in [0.05, 0.1) is 10.5 Å². The van der Waals surface area contributed by atoms with Gasteiger partial charge < -0.3 is 0 Å². The van der Waals surface area contributed by atoms with Gasteiger partial charge in [0.1, 0.15) is 0 Å². The Kier molecular flexibility index (Phi) is 4.63. The normalized spacial score (nSPS) is 12.7. The molecule has 0 radical (unpaired) electrons. The van der Waals surface area contributed by atoms with Gasteiger partial charge in [0.15, 0.2) is 9.84 Å². The van der Waals surface area contributed by atoms with Gasteiger partial charge in [-0.25, -0.2) is 8.42 Å². The molecule has 0 saturated carbocycles. The summed E-state index contributed by atoms with van der Waals surface area (Å²) in [6.45, 7) is 0. The molecule has 0 heterocycles. The lowest BCUT2D eigenvalue weighted by molar-refractivity contribution is -0.137. The van der Waals surface area contributed by atoms with Crippen molar-refractivity contribution in [2.45, 2.75) is 11.1 Å². The van der Waals surface area contributed by atoms with Crippen LogP contribution >= 0.6 is 11.6 Å². The fourth-order valence-corrected chi connectivity index (χ4v) is 2.79. The van der Waals surface area contributed by atoms with E-state index < -0.39 is 21.6 Å². The quantitative estimate of drug-likeness (QED) is 0.799. The molecule has 0 spiro atoms. The molecule has 0 bridgehead atoms. The molecule has 2 nitrogen and oxygen atoms in total. The summed E-state index contributed by atoms with van der Waals surface area (Å²) < 4.78 is 61.3. The van der Waals surface area contributed by atoms with Gasteiger partial charge in [0.2, 0.25) is 0 Å². The summed E-state index contributed by atoms with van der Waals surface area (Å²) in [5.74, 6) is 0. The van der Waals surface area contributed by atoms with E-state index in [1.54, 1.807) is 0 Å². The molecule has 2 aromatic carbocycles. The number of hydrogen-bond donors (Lipinski definition) is 0. The van der Waals surface area contributed by atoms with Gasteiger partial charge in [-0.1, -0.05) is 23.7 Å². The molecule has 0 aromatic heterocycles. The van der Waals surface area contributed by atoms with E-state index in [0.29, 0.717) is 10.6 Å². The first-order valence-electron chi connectivity index (χ1n) is 6.04. The SMILES string of the molecule is O=S(=O)(/C=C/c1ccc(C(F)(F)F)cc1)c1ccc(Cl)cc1. The zero-order valence-electron chi connectivity index (χ0n) is 11.0. The smallest absolute Gasteiger partial charge is 0.219 e. The van der Waals surface area contributed by atoms with Gasteiger partial charge >= 0.3 is 6.18 Å². The van der Waals surface area contributed by atoms with Crippen molar-refractivity contribution in [2.24, 2.45) is 0 Å². The first-order chi connectivity index (χ1) is 10.2. The van der Waals surface area contributed by atoms with Crippen molar-refractivity contribution in [3.63, 3.8) is 0 Å². The van der Waals surface area contributed by atoms with E-state index in [2.05, 4.69) is 0 Å². The van der Waals surface area contributed by atoms with Crippen molar-refractivity contribution < 1.29 is 21.6 Å². The van der Waals surface area contributed by atoms with Gasteiger partial charge in [-0.2, -0.15) is 13.2 Å². The molecule has 22 heavy (non-hydrogen) atoms. The summed E-state index contributed by atoms with van der Waals surface area (Å²) in [5.41, 5.74) is -0.434. The minimum absolute atomic E-state index is 0.0556. The standard InChI is InChI=1S/C15H10ClF3O2S/c16-13-5-7-14(8-6-13)22(20,21)10-9-11-1-3-12(4-2-11)15(17,18)19/h1-10H/b10-9+. The van der Waals surface area contributed by atoms with Gasteiger partial charge in [-0.3, -0.25) is 0 Å². The third-order valence-corrected chi connectivity index (χ3v) is 4.50. The molecule has 0 unspecified atom stereocenters. The van der Waals surface area contributed by atoms with Crippen LogP contribution in [0, 0.1) is 0 Å². The Morgan fingerprint density at radius 1 is 0.909 bits per heavy atom. The first-order valence-corrected chi connectivity index (χ1v) is 7.97. The predicted molar refractivity (Wildman–Crippen MR) is 79.1 cm³/mol. The van der Waals surface area contributed by atoms with E-state index in [1.807, 2.05) is 0 Å². The van der Waals surface area contributed by atoms with Crippen LogP contribution in [0.4, 0.5) is 13.2 Å². The Labute approximate surface area is 130 Å². The van der Waals surface area contributed by atoms with Crippen LogP contribution in [0.15, 0.2) is 58.8 Å². The first kappa shape index (κ1) is 16.6. The second kappa shape index (κ2) is 6.14. The van der Waals surface area contributed by atoms with Crippen LogP contribution in [-0.2, 0) is 16.0 Å². The van der Waals surface area contributed by atoms with E-state index in [1.165, 1.54) is 42.5 Å². The van der Waals surface area contributed by atoms with Gasteiger partial charge in [0.25, 0.3) is 0 Å². The lowest BCUT2D eigenvalue weighted by Gasteiger charge is -2.06. The van der Waals surface area contributed by atoms with Crippen LogP contribution in [0.5, 0.6) is 0 Å². The fourth-order valence-electron chi connectivity index (χ4n) is 1.65. The average Bonchev–Trinajstić information content (AvgIpc) is 2.45. The molecule has 0 N–H and O–H groups in total. The summed E-state index contributed by atoms with van der Waals surface area (Å²) >= 11 is 5.68. The molecule has 2 aromatic rings. The van der Waals surface area contributed by atoms with Gasteiger partial charge in [0, 0.05) is 10.4 Å². The number of rotatable bonds is 3. The van der Waals surface area contributed by atoms with Crippen molar-refractivity contribution in [2.75, 3.05) is 0 Å². The molecule has 0 atom stereocenters. The van der Waals surface area contributed by atoms with Gasteiger partial charge in [-0.05, 0) is 48.0 Å². The molecule has 0 amide bonds. The lowest BCUT2D eigenvalue weighted by atomic mass is 10.1. The molecule has 0 aliphatic rings. The van der Waals surface area contributed by atoms with Crippen molar-refractivity contribution in [1.82, 2.24) is 0 Å². The zero-order chi connectivity index (χ0) is 16.4. The van der Waals surface area contributed by atoms with Crippen molar-refractivity contribution >= 4 is 27.5 Å². The number of benzene rings is 2. The molecule has 2 rings (SSSR count). The summed E-state index contributed by atoms with van der Waals surface area (Å²) in [5, 5.41) is 1.35. The summed E-state index contributed by atoms with van der Waals surface area (Å²) in [7, 11) is -3.68. The molecule has 0 aliphatic heterocycles. The van der Waals surface area contributed by atoms with Gasteiger partial charge in [-0.15, -0.1) is 0 Å². The maximum atomic E-state index is 12.4. The maximum absolute atomic E-state index is 12.4. The van der Waals surface area contributed by atoms with Crippen LogP contribution in [-0.4, -0.2) is 8.42 Å². The van der Waals surface area contributed by atoms with Crippen LogP contribution < -0.4 is 0 Å². The average molecular weight is 347 g/mol. The predicted octanol–water partition coefficient (Wildman–Crippen LogP) is 4.80. The van der Waals surface area contributed by atoms with E-state index >= 15 is 0 Å². The topological polar surface area (TPSA) is 34.1 Å². The minimum Gasteiger partial charge on any atom is -0.219 e. The second-order valence-electron chi connectivity index (χ2n) is 4.42. The molecule has 0 saturated heterocycles. The van der Waals surface area contributed by atoms with E-state index in [-0.39, 0.29) is 4.90 Å². The fraction of sp³-hybridized carbons (Fsp3) is 0.0667. The molecule has 7 heteroatoms. The third kappa shape index (κ3) is 4.11. The Hall–Kier alpha value is -1.79. The largest absolute Gasteiger partial charge is 0.416 e. The Morgan fingerprint density at radius 2 is 1.45 bits per heavy atom. The third-order valence-electron chi connectivity index (χ3n) is 2.82.